The Morgan fingerprint density at radius 3 is 2.71 bits per heavy atom. The van der Waals surface area contributed by atoms with Crippen molar-refractivity contribution >= 4 is 23.0 Å². The first-order valence-corrected chi connectivity index (χ1v) is 7.14. The second-order valence-electron chi connectivity index (χ2n) is 4.99. The van der Waals surface area contributed by atoms with Gasteiger partial charge in [0.2, 0.25) is 0 Å². The molecule has 2 rings (SSSR count). The zero-order valence-electron chi connectivity index (χ0n) is 12.1. The van der Waals surface area contributed by atoms with E-state index in [1.54, 1.807) is 6.07 Å². The van der Waals surface area contributed by atoms with Crippen LogP contribution in [0.3, 0.4) is 0 Å². The van der Waals surface area contributed by atoms with Gasteiger partial charge in [0, 0.05) is 17.8 Å². The van der Waals surface area contributed by atoms with Gasteiger partial charge < -0.3 is 11.1 Å². The van der Waals surface area contributed by atoms with Crippen molar-refractivity contribution in [3.63, 3.8) is 0 Å². The largest absolute Gasteiger partial charge is 0.389 e. The summed E-state index contributed by atoms with van der Waals surface area (Å²) in [7, 11) is 0. The predicted molar refractivity (Wildman–Crippen MR) is 88.2 cm³/mol. The molecule has 1 aromatic carbocycles. The van der Waals surface area contributed by atoms with Crippen LogP contribution in [0.5, 0.6) is 0 Å². The maximum atomic E-state index is 13.0. The summed E-state index contributed by atoms with van der Waals surface area (Å²) >= 11 is 4.99. The number of rotatable bonds is 5. The molecule has 0 radical (unpaired) electrons. The summed E-state index contributed by atoms with van der Waals surface area (Å²) in [6, 6.07) is 8.55. The van der Waals surface area contributed by atoms with Crippen LogP contribution in [0.15, 0.2) is 30.3 Å². The number of nitrogens with one attached hydrogen (secondary N) is 1. The molecule has 3 nitrogen and oxygen atoms in total. The third-order valence-corrected chi connectivity index (χ3v) is 3.48. The van der Waals surface area contributed by atoms with E-state index in [-0.39, 0.29) is 5.82 Å². The quantitative estimate of drug-likeness (QED) is 0.833. The van der Waals surface area contributed by atoms with Crippen molar-refractivity contribution in [1.29, 1.82) is 0 Å². The molecule has 21 heavy (non-hydrogen) atoms. The molecule has 0 spiro atoms. The zero-order valence-corrected chi connectivity index (χ0v) is 12.9. The van der Waals surface area contributed by atoms with Gasteiger partial charge in [-0.15, -0.1) is 0 Å². The molecular weight excluding hydrogens is 285 g/mol. The minimum absolute atomic E-state index is 0.203. The fourth-order valence-electron chi connectivity index (χ4n) is 2.17. The van der Waals surface area contributed by atoms with Gasteiger partial charge in [0.05, 0.1) is 0 Å². The highest BCUT2D eigenvalue weighted by atomic mass is 32.1. The number of benzene rings is 1. The number of aromatic nitrogens is 1. The maximum absolute atomic E-state index is 13.0. The smallest absolute Gasteiger partial charge is 0.126 e. The Balaban J connectivity index is 2.01. The summed E-state index contributed by atoms with van der Waals surface area (Å²) in [5.74, 6) is 0.545. The van der Waals surface area contributed by atoms with E-state index in [0.717, 1.165) is 34.6 Å². The van der Waals surface area contributed by atoms with Crippen LogP contribution in [0.4, 0.5) is 10.2 Å². The van der Waals surface area contributed by atoms with Crippen molar-refractivity contribution in [3.8, 4) is 0 Å². The first kappa shape index (κ1) is 15.4. The summed E-state index contributed by atoms with van der Waals surface area (Å²) in [6.07, 6.45) is 0.796. The van der Waals surface area contributed by atoms with E-state index in [9.17, 15) is 4.39 Å². The number of anilines is 1. The third kappa shape index (κ3) is 4.23. The second kappa shape index (κ2) is 6.63. The molecule has 1 aromatic heterocycles. The van der Waals surface area contributed by atoms with E-state index in [2.05, 4.69) is 10.3 Å². The van der Waals surface area contributed by atoms with Crippen LogP contribution in [0.25, 0.3) is 0 Å². The number of hydrogen-bond donors (Lipinski definition) is 2. The van der Waals surface area contributed by atoms with Gasteiger partial charge in [-0.3, -0.25) is 0 Å². The van der Waals surface area contributed by atoms with E-state index >= 15 is 0 Å². The van der Waals surface area contributed by atoms with Crippen molar-refractivity contribution in [2.75, 3.05) is 11.9 Å². The van der Waals surface area contributed by atoms with Crippen LogP contribution < -0.4 is 11.1 Å². The minimum Gasteiger partial charge on any atom is -0.389 e. The van der Waals surface area contributed by atoms with Crippen LogP contribution in [0.2, 0.25) is 0 Å². The predicted octanol–water partition coefficient (Wildman–Crippen LogP) is 3.13. The molecule has 0 aliphatic rings. The second-order valence-corrected chi connectivity index (χ2v) is 5.43. The van der Waals surface area contributed by atoms with Crippen LogP contribution in [0.1, 0.15) is 22.4 Å². The Bertz CT molecular complexity index is 671. The summed E-state index contributed by atoms with van der Waals surface area (Å²) in [5, 5.41) is 3.25. The lowest BCUT2D eigenvalue weighted by molar-refractivity contribution is 0.625. The number of pyridine rings is 1. The van der Waals surface area contributed by atoms with E-state index in [0.29, 0.717) is 11.5 Å². The van der Waals surface area contributed by atoms with Crippen molar-refractivity contribution in [2.45, 2.75) is 20.3 Å². The molecular formula is C16H18FN3S. The molecule has 0 bridgehead atoms. The molecule has 3 N–H and O–H groups in total. The minimum atomic E-state index is -0.203. The van der Waals surface area contributed by atoms with Gasteiger partial charge in [0.25, 0.3) is 0 Å². The lowest BCUT2D eigenvalue weighted by Crippen LogP contribution is -2.12. The van der Waals surface area contributed by atoms with Gasteiger partial charge >= 0.3 is 0 Å². The molecule has 5 heteroatoms. The average Bonchev–Trinajstić information content (AvgIpc) is 2.40. The van der Waals surface area contributed by atoms with E-state index in [1.165, 1.54) is 6.07 Å². The summed E-state index contributed by atoms with van der Waals surface area (Å²) in [6.45, 7) is 4.52. The molecule has 0 aliphatic carbocycles. The van der Waals surface area contributed by atoms with Crippen molar-refractivity contribution in [1.82, 2.24) is 4.98 Å². The topological polar surface area (TPSA) is 50.9 Å². The van der Waals surface area contributed by atoms with Crippen molar-refractivity contribution in [3.05, 3.63) is 58.5 Å². The maximum Gasteiger partial charge on any atom is 0.126 e. The Morgan fingerprint density at radius 1 is 1.29 bits per heavy atom. The molecule has 0 saturated carbocycles. The molecule has 0 fully saturated rings. The molecule has 0 aliphatic heterocycles. The van der Waals surface area contributed by atoms with E-state index in [1.807, 2.05) is 32.0 Å². The number of aryl methyl sites for hydroxylation is 2. The van der Waals surface area contributed by atoms with Gasteiger partial charge in [0.1, 0.15) is 16.6 Å². The lowest BCUT2D eigenvalue weighted by atomic mass is 10.1. The molecule has 0 atom stereocenters. The van der Waals surface area contributed by atoms with Crippen LogP contribution in [-0.4, -0.2) is 16.5 Å². The number of thiocarbonyl (C=S) groups is 1. The average molecular weight is 303 g/mol. The highest BCUT2D eigenvalue weighted by molar-refractivity contribution is 7.80. The number of nitrogens with two attached hydrogens (primary N) is 1. The Kier molecular flexibility index (Phi) is 4.85. The molecule has 0 unspecified atom stereocenters. The summed E-state index contributed by atoms with van der Waals surface area (Å²) in [4.78, 5) is 4.76. The fraction of sp³-hybridized carbons (Fsp3) is 0.250. The van der Waals surface area contributed by atoms with Gasteiger partial charge in [-0.25, -0.2) is 9.37 Å². The van der Waals surface area contributed by atoms with Gasteiger partial charge in [-0.1, -0.05) is 18.3 Å². The number of halogens is 1. The Hall–Kier alpha value is -2.01. The molecule has 0 amide bonds. The number of nitrogens with zero attached hydrogens (tertiary/aromatic N) is 1. The molecule has 2 aromatic rings. The van der Waals surface area contributed by atoms with Crippen LogP contribution >= 0.6 is 12.2 Å². The Labute approximate surface area is 129 Å². The van der Waals surface area contributed by atoms with Crippen LogP contribution in [-0.2, 0) is 6.42 Å². The van der Waals surface area contributed by atoms with E-state index in [4.69, 9.17) is 18.0 Å². The summed E-state index contributed by atoms with van der Waals surface area (Å²) in [5.41, 5.74) is 9.38. The van der Waals surface area contributed by atoms with Crippen LogP contribution in [0, 0.1) is 19.7 Å². The normalized spacial score (nSPS) is 10.4. The highest BCUT2D eigenvalue weighted by Crippen LogP contribution is 2.13. The molecule has 0 saturated heterocycles. The SMILES string of the molecule is Cc1cc(C(N)=S)cc(NCCc2ccc(F)cc2C)n1. The van der Waals surface area contributed by atoms with Gasteiger partial charge in [0.15, 0.2) is 0 Å². The number of hydrogen-bond acceptors (Lipinski definition) is 3. The van der Waals surface area contributed by atoms with Gasteiger partial charge in [-0.05, 0) is 55.7 Å². The standard InChI is InChI=1S/C16H18FN3S/c1-10-7-14(17)4-3-12(10)5-6-19-15-9-13(16(18)21)8-11(2)20-15/h3-4,7-9H,5-6H2,1-2H3,(H2,18,21)(H,19,20). The molecule has 110 valence electrons. The fourth-order valence-corrected chi connectivity index (χ4v) is 2.28. The monoisotopic (exact) mass is 303 g/mol. The first-order valence-electron chi connectivity index (χ1n) is 6.73. The summed E-state index contributed by atoms with van der Waals surface area (Å²) < 4.78 is 13.0. The third-order valence-electron chi connectivity index (χ3n) is 3.24. The zero-order chi connectivity index (χ0) is 15.4. The molecule has 1 heterocycles. The van der Waals surface area contributed by atoms with Crippen molar-refractivity contribution in [2.24, 2.45) is 5.73 Å². The highest BCUT2D eigenvalue weighted by Gasteiger charge is 2.04. The first-order chi connectivity index (χ1) is 9.95. The van der Waals surface area contributed by atoms with Crippen molar-refractivity contribution < 1.29 is 4.39 Å². The van der Waals surface area contributed by atoms with Gasteiger partial charge in [-0.2, -0.15) is 0 Å². The van der Waals surface area contributed by atoms with E-state index < -0.39 is 0 Å². The lowest BCUT2D eigenvalue weighted by Gasteiger charge is -2.10. The Morgan fingerprint density at radius 2 is 2.05 bits per heavy atom.